The highest BCUT2D eigenvalue weighted by Crippen LogP contribution is 2.30. The lowest BCUT2D eigenvalue weighted by Crippen LogP contribution is -2.62. The zero-order valence-electron chi connectivity index (χ0n) is 12.8. The molecule has 22 heavy (non-hydrogen) atoms. The number of ether oxygens (including phenoxy) is 6. The summed E-state index contributed by atoms with van der Waals surface area (Å²) in [5, 5.41) is 0. The summed E-state index contributed by atoms with van der Waals surface area (Å²) >= 11 is 0. The van der Waals surface area contributed by atoms with Gasteiger partial charge in [-0.15, -0.1) is 0 Å². The molecule has 0 aromatic heterocycles. The first-order valence-corrected chi connectivity index (χ1v) is 7.39. The topological polar surface area (TPSA) is 55.4 Å². The molecule has 6 nitrogen and oxygen atoms in total. The molecule has 5 atom stereocenters. The first-order valence-electron chi connectivity index (χ1n) is 7.39. The SMILES string of the molecule is CO[C@@H]1[C@@H](OC)[C@H](OCc2ccccc2)O[C@@H]2COCO[C@@H]12. The smallest absolute Gasteiger partial charge is 0.187 e. The minimum atomic E-state index is -0.526. The molecular formula is C16H22O6. The fraction of sp³-hybridized carbons (Fsp3) is 0.625. The second kappa shape index (κ2) is 7.50. The number of hydrogen-bond acceptors (Lipinski definition) is 6. The molecule has 0 N–H and O–H groups in total. The average molecular weight is 310 g/mol. The van der Waals surface area contributed by atoms with Crippen molar-refractivity contribution in [3.63, 3.8) is 0 Å². The van der Waals surface area contributed by atoms with Crippen LogP contribution in [0.4, 0.5) is 0 Å². The van der Waals surface area contributed by atoms with Gasteiger partial charge in [0.2, 0.25) is 0 Å². The first-order chi connectivity index (χ1) is 10.8. The summed E-state index contributed by atoms with van der Waals surface area (Å²) in [7, 11) is 3.27. The van der Waals surface area contributed by atoms with Gasteiger partial charge in [-0.1, -0.05) is 30.3 Å². The van der Waals surface area contributed by atoms with Crippen LogP contribution in [0.15, 0.2) is 30.3 Å². The summed E-state index contributed by atoms with van der Waals surface area (Å²) in [6, 6.07) is 9.94. The quantitative estimate of drug-likeness (QED) is 0.818. The fourth-order valence-corrected chi connectivity index (χ4v) is 2.91. The fourth-order valence-electron chi connectivity index (χ4n) is 2.91. The Morgan fingerprint density at radius 3 is 2.59 bits per heavy atom. The van der Waals surface area contributed by atoms with Crippen LogP contribution in [0.2, 0.25) is 0 Å². The van der Waals surface area contributed by atoms with Gasteiger partial charge in [0, 0.05) is 14.2 Å². The standard InChI is InChI=1S/C16H22O6/c1-17-14-13-12(9-19-10-21-13)22-16(15(14)18-2)20-8-11-6-4-3-5-7-11/h3-7,12-16H,8-10H2,1-2H3/t12-,13-,14+,15-,16-/m1/s1. The van der Waals surface area contributed by atoms with Gasteiger partial charge in [-0.25, -0.2) is 0 Å². The molecule has 0 saturated carbocycles. The third-order valence-electron chi connectivity index (χ3n) is 4.02. The molecule has 122 valence electrons. The molecule has 6 heteroatoms. The zero-order valence-corrected chi connectivity index (χ0v) is 12.8. The Bertz CT molecular complexity index is 453. The van der Waals surface area contributed by atoms with E-state index in [1.807, 2.05) is 30.3 Å². The van der Waals surface area contributed by atoms with Crippen molar-refractivity contribution < 1.29 is 28.4 Å². The van der Waals surface area contributed by atoms with E-state index in [2.05, 4.69) is 0 Å². The monoisotopic (exact) mass is 310 g/mol. The van der Waals surface area contributed by atoms with Gasteiger partial charge in [0.1, 0.15) is 31.2 Å². The van der Waals surface area contributed by atoms with Gasteiger partial charge in [-0.2, -0.15) is 0 Å². The molecule has 0 unspecified atom stereocenters. The third kappa shape index (κ3) is 3.32. The molecule has 0 radical (unpaired) electrons. The van der Waals surface area contributed by atoms with Gasteiger partial charge >= 0.3 is 0 Å². The van der Waals surface area contributed by atoms with Crippen LogP contribution in [-0.2, 0) is 35.0 Å². The van der Waals surface area contributed by atoms with E-state index in [1.165, 1.54) is 0 Å². The zero-order chi connectivity index (χ0) is 15.4. The van der Waals surface area contributed by atoms with Crippen LogP contribution in [0.25, 0.3) is 0 Å². The van der Waals surface area contributed by atoms with Crippen molar-refractivity contribution >= 4 is 0 Å². The maximum Gasteiger partial charge on any atom is 0.187 e. The van der Waals surface area contributed by atoms with Gasteiger partial charge in [0.25, 0.3) is 0 Å². The lowest BCUT2D eigenvalue weighted by molar-refractivity contribution is -0.346. The summed E-state index contributed by atoms with van der Waals surface area (Å²) in [4.78, 5) is 0. The van der Waals surface area contributed by atoms with Crippen LogP contribution in [0.1, 0.15) is 5.56 Å². The maximum atomic E-state index is 5.97. The van der Waals surface area contributed by atoms with E-state index < -0.39 is 6.29 Å². The lowest BCUT2D eigenvalue weighted by Gasteiger charge is -2.46. The summed E-state index contributed by atoms with van der Waals surface area (Å²) in [5.74, 6) is 0. The second-order valence-corrected chi connectivity index (χ2v) is 5.36. The Labute approximate surface area is 130 Å². The number of fused-ring (bicyclic) bond motifs is 1. The summed E-state index contributed by atoms with van der Waals surface area (Å²) in [5.41, 5.74) is 1.08. The van der Waals surface area contributed by atoms with Crippen LogP contribution < -0.4 is 0 Å². The molecule has 2 aliphatic rings. The van der Waals surface area contributed by atoms with Crippen molar-refractivity contribution in [1.82, 2.24) is 0 Å². The number of rotatable bonds is 5. The van der Waals surface area contributed by atoms with Crippen LogP contribution in [0.5, 0.6) is 0 Å². The normalized spacial score (nSPS) is 35.1. The van der Waals surface area contributed by atoms with Crippen LogP contribution in [-0.4, -0.2) is 58.3 Å². The second-order valence-electron chi connectivity index (χ2n) is 5.36. The van der Waals surface area contributed by atoms with Gasteiger partial charge in [-0.3, -0.25) is 0 Å². The summed E-state index contributed by atoms with van der Waals surface area (Å²) < 4.78 is 33.9. The highest BCUT2D eigenvalue weighted by molar-refractivity contribution is 5.13. The predicted molar refractivity (Wildman–Crippen MR) is 77.2 cm³/mol. The number of hydrogen-bond donors (Lipinski definition) is 0. The molecule has 1 aromatic rings. The van der Waals surface area contributed by atoms with Gasteiger partial charge in [0.15, 0.2) is 6.29 Å². The summed E-state index contributed by atoms with van der Waals surface area (Å²) in [6.07, 6.45) is -1.56. The largest absolute Gasteiger partial charge is 0.376 e. The highest BCUT2D eigenvalue weighted by Gasteiger charge is 2.49. The van der Waals surface area contributed by atoms with Crippen molar-refractivity contribution in [2.75, 3.05) is 27.6 Å². The molecule has 2 aliphatic heterocycles. The van der Waals surface area contributed by atoms with Crippen LogP contribution in [0.3, 0.4) is 0 Å². The lowest BCUT2D eigenvalue weighted by atomic mass is 9.98. The van der Waals surface area contributed by atoms with Crippen molar-refractivity contribution in [3.05, 3.63) is 35.9 Å². The van der Waals surface area contributed by atoms with E-state index in [0.717, 1.165) is 5.56 Å². The highest BCUT2D eigenvalue weighted by atomic mass is 16.8. The molecule has 1 aromatic carbocycles. The molecule has 2 fully saturated rings. The van der Waals surface area contributed by atoms with Crippen molar-refractivity contribution in [1.29, 1.82) is 0 Å². The van der Waals surface area contributed by atoms with Crippen molar-refractivity contribution in [2.45, 2.75) is 37.3 Å². The summed E-state index contributed by atoms with van der Waals surface area (Å²) in [6.45, 7) is 1.16. The van der Waals surface area contributed by atoms with Crippen LogP contribution in [0, 0.1) is 0 Å². The first kappa shape index (κ1) is 15.9. The third-order valence-corrected chi connectivity index (χ3v) is 4.02. The van der Waals surface area contributed by atoms with Crippen molar-refractivity contribution in [3.8, 4) is 0 Å². The molecule has 2 heterocycles. The predicted octanol–water partition coefficient (Wildman–Crippen LogP) is 1.33. The maximum absolute atomic E-state index is 5.97. The van der Waals surface area contributed by atoms with Gasteiger partial charge in [-0.05, 0) is 5.56 Å². The van der Waals surface area contributed by atoms with E-state index in [1.54, 1.807) is 14.2 Å². The minimum Gasteiger partial charge on any atom is -0.376 e. The molecule has 0 bridgehead atoms. The molecule has 0 amide bonds. The number of methoxy groups -OCH3 is 2. The molecular weight excluding hydrogens is 288 g/mol. The van der Waals surface area contributed by atoms with E-state index in [4.69, 9.17) is 28.4 Å². The van der Waals surface area contributed by atoms with E-state index in [-0.39, 0.29) is 31.2 Å². The Hall–Kier alpha value is -1.02. The van der Waals surface area contributed by atoms with E-state index in [0.29, 0.717) is 13.2 Å². The molecule has 0 spiro atoms. The average Bonchev–Trinajstić information content (AvgIpc) is 2.59. The number of benzene rings is 1. The Kier molecular flexibility index (Phi) is 5.41. The van der Waals surface area contributed by atoms with Gasteiger partial charge < -0.3 is 28.4 Å². The van der Waals surface area contributed by atoms with E-state index >= 15 is 0 Å². The molecule has 2 saturated heterocycles. The molecule has 0 aliphatic carbocycles. The van der Waals surface area contributed by atoms with Crippen molar-refractivity contribution in [2.24, 2.45) is 0 Å². The van der Waals surface area contributed by atoms with E-state index in [9.17, 15) is 0 Å². The molecule has 3 rings (SSSR count). The minimum absolute atomic E-state index is 0.208. The van der Waals surface area contributed by atoms with Gasteiger partial charge in [0.05, 0.1) is 13.2 Å². The Morgan fingerprint density at radius 2 is 1.86 bits per heavy atom. The Morgan fingerprint density at radius 1 is 1.09 bits per heavy atom. The Balaban J connectivity index is 1.68. The van der Waals surface area contributed by atoms with Crippen LogP contribution >= 0.6 is 0 Å².